The second kappa shape index (κ2) is 6.35. The molecular formula is C16H17NO4. The number of carbonyl (C=O) groups excluding carboxylic acids is 2. The van der Waals surface area contributed by atoms with E-state index in [-0.39, 0.29) is 11.7 Å². The third-order valence-corrected chi connectivity index (χ3v) is 3.65. The molecule has 0 heterocycles. The molecule has 0 fully saturated rings. The predicted molar refractivity (Wildman–Crippen MR) is 78.1 cm³/mol. The van der Waals surface area contributed by atoms with E-state index in [4.69, 9.17) is 5.11 Å². The van der Waals surface area contributed by atoms with Gasteiger partial charge in [0.05, 0.1) is 11.8 Å². The van der Waals surface area contributed by atoms with Crippen molar-refractivity contribution < 1.29 is 19.5 Å². The molecule has 1 amide bonds. The molecule has 0 aromatic heterocycles. The molecule has 1 aliphatic carbocycles. The Morgan fingerprint density at radius 1 is 1.05 bits per heavy atom. The molecule has 5 heteroatoms. The van der Waals surface area contributed by atoms with E-state index >= 15 is 0 Å². The second-order valence-corrected chi connectivity index (χ2v) is 5.12. The van der Waals surface area contributed by atoms with Gasteiger partial charge in [0.25, 0.3) is 0 Å². The summed E-state index contributed by atoms with van der Waals surface area (Å²) in [5.74, 6) is -2.56. The molecule has 0 radical (unpaired) electrons. The lowest BCUT2D eigenvalue weighted by Crippen LogP contribution is -2.34. The molecule has 0 bridgehead atoms. The number of rotatable bonds is 4. The van der Waals surface area contributed by atoms with Gasteiger partial charge >= 0.3 is 5.97 Å². The van der Waals surface area contributed by atoms with Gasteiger partial charge in [0.15, 0.2) is 5.78 Å². The van der Waals surface area contributed by atoms with Crippen molar-refractivity contribution >= 4 is 23.3 Å². The van der Waals surface area contributed by atoms with E-state index < -0.39 is 17.8 Å². The predicted octanol–water partition coefficient (Wildman–Crippen LogP) is 2.49. The lowest BCUT2D eigenvalue weighted by Gasteiger charge is -2.24. The van der Waals surface area contributed by atoms with Crippen molar-refractivity contribution in [3.8, 4) is 0 Å². The highest BCUT2D eigenvalue weighted by atomic mass is 16.4. The maximum Gasteiger partial charge on any atom is 0.307 e. The summed E-state index contributed by atoms with van der Waals surface area (Å²) < 4.78 is 0. The van der Waals surface area contributed by atoms with Crippen LogP contribution in [0.4, 0.5) is 5.69 Å². The smallest absolute Gasteiger partial charge is 0.307 e. The minimum Gasteiger partial charge on any atom is -0.481 e. The monoisotopic (exact) mass is 287 g/mol. The highest BCUT2D eigenvalue weighted by Crippen LogP contribution is 2.27. The zero-order chi connectivity index (χ0) is 15.4. The third kappa shape index (κ3) is 3.56. The molecule has 1 aromatic rings. The Labute approximate surface area is 122 Å². The summed E-state index contributed by atoms with van der Waals surface area (Å²) >= 11 is 0. The number of ketones is 1. The first-order valence-corrected chi connectivity index (χ1v) is 6.78. The van der Waals surface area contributed by atoms with E-state index in [2.05, 4.69) is 5.32 Å². The molecule has 1 aromatic carbocycles. The van der Waals surface area contributed by atoms with E-state index in [1.165, 1.54) is 6.92 Å². The van der Waals surface area contributed by atoms with Gasteiger partial charge in [-0.25, -0.2) is 0 Å². The molecular weight excluding hydrogens is 270 g/mol. The number of benzene rings is 1. The first-order valence-electron chi connectivity index (χ1n) is 6.78. The fraction of sp³-hybridized carbons (Fsp3) is 0.312. The quantitative estimate of drug-likeness (QED) is 0.658. The van der Waals surface area contributed by atoms with Gasteiger partial charge in [-0.2, -0.15) is 0 Å². The number of Topliss-reactive ketones (excluding diaryl/α,β-unsaturated/α-hetero) is 1. The van der Waals surface area contributed by atoms with Crippen LogP contribution in [0.2, 0.25) is 0 Å². The molecule has 21 heavy (non-hydrogen) atoms. The fourth-order valence-corrected chi connectivity index (χ4v) is 2.40. The van der Waals surface area contributed by atoms with Crippen LogP contribution < -0.4 is 5.32 Å². The molecule has 110 valence electrons. The summed E-state index contributed by atoms with van der Waals surface area (Å²) in [4.78, 5) is 34.6. The molecule has 2 unspecified atom stereocenters. The van der Waals surface area contributed by atoms with Crippen LogP contribution in [0.5, 0.6) is 0 Å². The van der Waals surface area contributed by atoms with Crippen LogP contribution in [0.1, 0.15) is 30.1 Å². The zero-order valence-corrected chi connectivity index (χ0v) is 11.7. The van der Waals surface area contributed by atoms with Gasteiger partial charge in [0.2, 0.25) is 5.91 Å². The Morgan fingerprint density at radius 3 is 2.14 bits per heavy atom. The maximum atomic E-state index is 12.2. The number of hydrogen-bond donors (Lipinski definition) is 2. The number of nitrogens with one attached hydrogen (secondary N) is 1. The van der Waals surface area contributed by atoms with Gasteiger partial charge in [-0.05, 0) is 44.0 Å². The average Bonchev–Trinajstić information content (AvgIpc) is 2.47. The van der Waals surface area contributed by atoms with Crippen molar-refractivity contribution in [2.45, 2.75) is 19.8 Å². The largest absolute Gasteiger partial charge is 0.481 e. The Hall–Kier alpha value is -2.43. The van der Waals surface area contributed by atoms with Crippen LogP contribution in [0.15, 0.2) is 36.4 Å². The summed E-state index contributed by atoms with van der Waals surface area (Å²) in [6.45, 7) is 1.47. The number of anilines is 1. The van der Waals surface area contributed by atoms with Gasteiger partial charge < -0.3 is 10.4 Å². The summed E-state index contributed by atoms with van der Waals surface area (Å²) in [6, 6.07) is 6.55. The Kier molecular flexibility index (Phi) is 4.52. The molecule has 2 N–H and O–H groups in total. The molecule has 1 aliphatic rings. The third-order valence-electron chi connectivity index (χ3n) is 3.65. The first-order chi connectivity index (χ1) is 9.99. The Bertz CT molecular complexity index is 589. The number of allylic oxidation sites excluding steroid dienone is 2. The molecule has 2 rings (SSSR count). The average molecular weight is 287 g/mol. The van der Waals surface area contributed by atoms with E-state index in [9.17, 15) is 14.4 Å². The van der Waals surface area contributed by atoms with Crippen molar-refractivity contribution in [3.63, 3.8) is 0 Å². The van der Waals surface area contributed by atoms with Crippen LogP contribution in [-0.2, 0) is 9.59 Å². The summed E-state index contributed by atoms with van der Waals surface area (Å²) in [6.07, 6.45) is 4.43. The highest BCUT2D eigenvalue weighted by Gasteiger charge is 2.33. The van der Waals surface area contributed by atoms with Gasteiger partial charge in [-0.3, -0.25) is 14.4 Å². The standard InChI is InChI=1S/C16H17NO4/c1-10(18)11-6-8-12(9-7-11)17-15(19)13-4-2-3-5-14(13)16(20)21/h2-3,6-9,13-14H,4-5H2,1H3,(H,17,19)(H,20,21). The first kappa shape index (κ1) is 15.0. The lowest BCUT2D eigenvalue weighted by atomic mass is 9.82. The molecule has 5 nitrogen and oxygen atoms in total. The zero-order valence-electron chi connectivity index (χ0n) is 11.7. The summed E-state index contributed by atoms with van der Waals surface area (Å²) in [7, 11) is 0. The van der Waals surface area contributed by atoms with Gasteiger partial charge in [-0.1, -0.05) is 12.2 Å². The molecule has 2 atom stereocenters. The number of hydrogen-bond acceptors (Lipinski definition) is 3. The van der Waals surface area contributed by atoms with Crippen LogP contribution in [-0.4, -0.2) is 22.8 Å². The Balaban J connectivity index is 2.08. The number of aliphatic carboxylic acids is 1. The topological polar surface area (TPSA) is 83.5 Å². The maximum absolute atomic E-state index is 12.2. The number of carboxylic acids is 1. The van der Waals surface area contributed by atoms with Crippen molar-refractivity contribution in [1.82, 2.24) is 0 Å². The highest BCUT2D eigenvalue weighted by molar-refractivity contribution is 5.97. The van der Waals surface area contributed by atoms with Crippen molar-refractivity contribution in [1.29, 1.82) is 0 Å². The summed E-state index contributed by atoms with van der Waals surface area (Å²) in [5, 5.41) is 11.9. The van der Waals surface area contributed by atoms with Crippen molar-refractivity contribution in [3.05, 3.63) is 42.0 Å². The molecule has 0 saturated heterocycles. The SMILES string of the molecule is CC(=O)c1ccc(NC(=O)C2CC=CCC2C(=O)O)cc1. The Morgan fingerprint density at radius 2 is 1.62 bits per heavy atom. The number of amides is 1. The van der Waals surface area contributed by atoms with Crippen LogP contribution in [0.3, 0.4) is 0 Å². The van der Waals surface area contributed by atoms with Crippen molar-refractivity contribution in [2.75, 3.05) is 5.32 Å². The van der Waals surface area contributed by atoms with Gasteiger partial charge in [0, 0.05) is 11.3 Å². The normalized spacial score (nSPS) is 20.8. The lowest BCUT2D eigenvalue weighted by molar-refractivity contribution is -0.146. The van der Waals surface area contributed by atoms with E-state index in [1.54, 1.807) is 30.3 Å². The van der Waals surface area contributed by atoms with Gasteiger partial charge in [0.1, 0.15) is 0 Å². The van der Waals surface area contributed by atoms with Crippen LogP contribution >= 0.6 is 0 Å². The van der Waals surface area contributed by atoms with Crippen molar-refractivity contribution in [2.24, 2.45) is 11.8 Å². The minimum atomic E-state index is -0.952. The fourth-order valence-electron chi connectivity index (χ4n) is 2.40. The summed E-state index contributed by atoms with van der Waals surface area (Å²) in [5.41, 5.74) is 1.13. The van der Waals surface area contributed by atoms with Gasteiger partial charge in [-0.15, -0.1) is 0 Å². The molecule has 0 saturated carbocycles. The molecule has 0 aliphatic heterocycles. The van der Waals surface area contributed by atoms with E-state index in [1.807, 2.05) is 6.08 Å². The molecule has 0 spiro atoms. The van der Waals surface area contributed by atoms with Crippen LogP contribution in [0, 0.1) is 11.8 Å². The van der Waals surface area contributed by atoms with E-state index in [0.29, 0.717) is 24.1 Å². The number of carbonyl (C=O) groups is 3. The minimum absolute atomic E-state index is 0.0452. The number of carboxylic acid groups (broad SMARTS) is 1. The van der Waals surface area contributed by atoms with Crippen LogP contribution in [0.25, 0.3) is 0 Å². The van der Waals surface area contributed by atoms with E-state index in [0.717, 1.165) is 0 Å². The second-order valence-electron chi connectivity index (χ2n) is 5.12.